The van der Waals surface area contributed by atoms with E-state index >= 15 is 0 Å². The van der Waals surface area contributed by atoms with Gasteiger partial charge in [-0.15, -0.1) is 0 Å². The molecule has 1 aliphatic heterocycles. The number of carbonyl (C=O) groups excluding carboxylic acids is 1. The van der Waals surface area contributed by atoms with Crippen LogP contribution >= 0.6 is 0 Å². The van der Waals surface area contributed by atoms with E-state index in [-0.39, 0.29) is 12.5 Å². The van der Waals surface area contributed by atoms with E-state index < -0.39 is 18.2 Å². The van der Waals surface area contributed by atoms with Crippen molar-refractivity contribution in [2.45, 2.75) is 25.6 Å². The Kier molecular flexibility index (Phi) is 5.77. The van der Waals surface area contributed by atoms with Gasteiger partial charge >= 0.3 is 12.1 Å². The van der Waals surface area contributed by atoms with Crippen LogP contribution in [-0.4, -0.2) is 48.4 Å². The van der Waals surface area contributed by atoms with Gasteiger partial charge in [-0.25, -0.2) is 9.59 Å². The Morgan fingerprint density at radius 1 is 1.36 bits per heavy atom. The minimum absolute atomic E-state index is 0.208. The van der Waals surface area contributed by atoms with Gasteiger partial charge in [0.1, 0.15) is 6.61 Å². The summed E-state index contributed by atoms with van der Waals surface area (Å²) in [6.07, 6.45) is 0.185. The molecule has 6 heteroatoms. The molecule has 0 aromatic heterocycles. The molecule has 0 bridgehead atoms. The molecule has 22 heavy (non-hydrogen) atoms. The Bertz CT molecular complexity index is 505. The third kappa shape index (κ3) is 4.21. The number of carbonyl (C=O) groups is 2. The number of aliphatic carboxylic acids is 1. The van der Waals surface area contributed by atoms with E-state index in [9.17, 15) is 9.59 Å². The fourth-order valence-corrected chi connectivity index (χ4v) is 2.73. The maximum atomic E-state index is 12.1. The van der Waals surface area contributed by atoms with Gasteiger partial charge in [0, 0.05) is 26.1 Å². The van der Waals surface area contributed by atoms with Crippen LogP contribution < -0.4 is 0 Å². The standard InChI is InChI=1S/C16H21NO5/c1-21-14(15(18)19)13-8-5-9-17(10-13)16(20)22-11-12-6-3-2-4-7-12/h2-4,6-7,13-14H,5,8-11H2,1H3,(H,18,19). The first-order valence-electron chi connectivity index (χ1n) is 7.33. The first-order valence-corrected chi connectivity index (χ1v) is 7.33. The van der Waals surface area contributed by atoms with Crippen molar-refractivity contribution in [2.75, 3.05) is 20.2 Å². The molecule has 120 valence electrons. The van der Waals surface area contributed by atoms with Crippen LogP contribution in [0.2, 0.25) is 0 Å². The summed E-state index contributed by atoms with van der Waals surface area (Å²) in [7, 11) is 1.38. The Morgan fingerprint density at radius 2 is 2.09 bits per heavy atom. The van der Waals surface area contributed by atoms with E-state index in [0.29, 0.717) is 13.1 Å². The average Bonchev–Trinajstić information content (AvgIpc) is 2.54. The molecule has 1 aromatic carbocycles. The topological polar surface area (TPSA) is 76.1 Å². The zero-order valence-corrected chi connectivity index (χ0v) is 12.6. The number of carboxylic acids is 1. The molecule has 1 fully saturated rings. The molecule has 0 aliphatic carbocycles. The van der Waals surface area contributed by atoms with Crippen molar-refractivity contribution >= 4 is 12.1 Å². The van der Waals surface area contributed by atoms with E-state index in [1.54, 1.807) is 4.90 Å². The third-order valence-corrected chi connectivity index (χ3v) is 3.85. The molecule has 1 N–H and O–H groups in total. The van der Waals surface area contributed by atoms with E-state index in [2.05, 4.69) is 0 Å². The zero-order valence-electron chi connectivity index (χ0n) is 12.6. The number of nitrogens with zero attached hydrogens (tertiary/aromatic N) is 1. The van der Waals surface area contributed by atoms with Crippen molar-refractivity contribution in [2.24, 2.45) is 5.92 Å². The third-order valence-electron chi connectivity index (χ3n) is 3.85. The molecule has 6 nitrogen and oxygen atoms in total. The van der Waals surface area contributed by atoms with Gasteiger partial charge in [-0.1, -0.05) is 30.3 Å². The Hall–Kier alpha value is -2.08. The summed E-state index contributed by atoms with van der Waals surface area (Å²) in [5.41, 5.74) is 0.921. The highest BCUT2D eigenvalue weighted by molar-refractivity contribution is 5.73. The highest BCUT2D eigenvalue weighted by Crippen LogP contribution is 2.22. The summed E-state index contributed by atoms with van der Waals surface area (Å²) in [6.45, 7) is 1.14. The second-order valence-electron chi connectivity index (χ2n) is 5.38. The van der Waals surface area contributed by atoms with Crippen molar-refractivity contribution in [1.29, 1.82) is 0 Å². The lowest BCUT2D eigenvalue weighted by atomic mass is 9.92. The van der Waals surface area contributed by atoms with Crippen LogP contribution in [0, 0.1) is 5.92 Å². The summed E-state index contributed by atoms with van der Waals surface area (Å²) >= 11 is 0. The van der Waals surface area contributed by atoms with Crippen LogP contribution in [0.5, 0.6) is 0 Å². The Balaban J connectivity index is 1.88. The van der Waals surface area contributed by atoms with Gasteiger partial charge in [0.15, 0.2) is 6.10 Å². The second-order valence-corrected chi connectivity index (χ2v) is 5.38. The monoisotopic (exact) mass is 307 g/mol. The zero-order chi connectivity index (χ0) is 15.9. The van der Waals surface area contributed by atoms with Crippen LogP contribution in [0.15, 0.2) is 30.3 Å². The number of methoxy groups -OCH3 is 1. The molecule has 1 aromatic rings. The molecule has 0 spiro atoms. The highest BCUT2D eigenvalue weighted by Gasteiger charge is 2.34. The lowest BCUT2D eigenvalue weighted by Crippen LogP contribution is -2.46. The maximum Gasteiger partial charge on any atom is 0.410 e. The van der Waals surface area contributed by atoms with E-state index in [1.165, 1.54) is 7.11 Å². The number of piperidine rings is 1. The van der Waals surface area contributed by atoms with E-state index in [4.69, 9.17) is 14.6 Å². The molecule has 2 atom stereocenters. The normalized spacial score (nSPS) is 19.5. The minimum Gasteiger partial charge on any atom is -0.479 e. The predicted octanol–water partition coefficient (Wildman–Crippen LogP) is 2.13. The summed E-state index contributed by atoms with van der Waals surface area (Å²) in [4.78, 5) is 24.8. The van der Waals surface area contributed by atoms with Crippen molar-refractivity contribution in [3.63, 3.8) is 0 Å². The summed E-state index contributed by atoms with van der Waals surface area (Å²) in [6, 6.07) is 9.44. The van der Waals surface area contributed by atoms with Gasteiger partial charge in [-0.05, 0) is 18.4 Å². The van der Waals surface area contributed by atoms with E-state index in [0.717, 1.165) is 18.4 Å². The number of likely N-dealkylation sites (tertiary alicyclic amines) is 1. The molecular formula is C16H21NO5. The second kappa shape index (κ2) is 7.79. The lowest BCUT2D eigenvalue weighted by Gasteiger charge is -2.34. The van der Waals surface area contributed by atoms with E-state index in [1.807, 2.05) is 30.3 Å². The number of hydrogen-bond acceptors (Lipinski definition) is 4. The van der Waals surface area contributed by atoms with Crippen molar-refractivity contribution in [3.8, 4) is 0 Å². The minimum atomic E-state index is -0.994. The lowest BCUT2D eigenvalue weighted by molar-refractivity contribution is -0.153. The number of ether oxygens (including phenoxy) is 2. The highest BCUT2D eigenvalue weighted by atomic mass is 16.6. The van der Waals surface area contributed by atoms with Gasteiger partial charge in [-0.3, -0.25) is 0 Å². The quantitative estimate of drug-likeness (QED) is 0.902. The Morgan fingerprint density at radius 3 is 2.73 bits per heavy atom. The van der Waals surface area contributed by atoms with Crippen molar-refractivity contribution in [3.05, 3.63) is 35.9 Å². The molecule has 2 rings (SSSR count). The Labute approximate surface area is 129 Å². The molecule has 2 unspecified atom stereocenters. The van der Waals surface area contributed by atoms with Crippen LogP contribution in [-0.2, 0) is 20.9 Å². The number of carboxylic acid groups (broad SMARTS) is 1. The number of rotatable bonds is 5. The fourth-order valence-electron chi connectivity index (χ4n) is 2.73. The fraction of sp³-hybridized carbons (Fsp3) is 0.500. The van der Waals surface area contributed by atoms with Gasteiger partial charge < -0.3 is 19.5 Å². The van der Waals surface area contributed by atoms with Crippen LogP contribution in [0.1, 0.15) is 18.4 Å². The SMILES string of the molecule is COC(C(=O)O)C1CCCN(C(=O)OCc2ccccc2)C1. The van der Waals surface area contributed by atoms with Gasteiger partial charge in [0.05, 0.1) is 0 Å². The summed E-state index contributed by atoms with van der Waals surface area (Å²) in [5, 5.41) is 9.14. The first-order chi connectivity index (χ1) is 10.6. The van der Waals surface area contributed by atoms with Gasteiger partial charge in [0.25, 0.3) is 0 Å². The number of benzene rings is 1. The molecule has 1 aliphatic rings. The molecule has 0 saturated carbocycles. The van der Waals surface area contributed by atoms with Gasteiger partial charge in [0.2, 0.25) is 0 Å². The van der Waals surface area contributed by atoms with Crippen LogP contribution in [0.3, 0.4) is 0 Å². The summed E-state index contributed by atoms with van der Waals surface area (Å²) in [5.74, 6) is -1.20. The summed E-state index contributed by atoms with van der Waals surface area (Å²) < 4.78 is 10.3. The largest absolute Gasteiger partial charge is 0.479 e. The van der Waals surface area contributed by atoms with Crippen LogP contribution in [0.4, 0.5) is 4.79 Å². The number of hydrogen-bond donors (Lipinski definition) is 1. The first kappa shape index (κ1) is 16.3. The van der Waals surface area contributed by atoms with Crippen LogP contribution in [0.25, 0.3) is 0 Å². The maximum absolute atomic E-state index is 12.1. The van der Waals surface area contributed by atoms with Crippen molar-refractivity contribution < 1.29 is 24.2 Å². The average molecular weight is 307 g/mol. The molecular weight excluding hydrogens is 286 g/mol. The van der Waals surface area contributed by atoms with Crippen molar-refractivity contribution in [1.82, 2.24) is 4.90 Å². The van der Waals surface area contributed by atoms with Gasteiger partial charge in [-0.2, -0.15) is 0 Å². The molecule has 0 radical (unpaired) electrons. The number of amides is 1. The molecule has 1 amide bonds. The molecule has 1 heterocycles. The molecule has 1 saturated heterocycles. The predicted molar refractivity (Wildman–Crippen MR) is 79.4 cm³/mol. The smallest absolute Gasteiger partial charge is 0.410 e.